The molecule has 0 aliphatic heterocycles. The zero-order valence-electron chi connectivity index (χ0n) is 13.0. The number of rotatable bonds is 4. The lowest BCUT2D eigenvalue weighted by atomic mass is 9.82. The van der Waals surface area contributed by atoms with Crippen molar-refractivity contribution in [1.29, 1.82) is 5.26 Å². The van der Waals surface area contributed by atoms with Gasteiger partial charge in [-0.2, -0.15) is 5.26 Å². The Balaban J connectivity index is 1.66. The van der Waals surface area contributed by atoms with E-state index in [1.165, 1.54) is 0 Å². The fraction of sp³-hybridized carbons (Fsp3) is 0.389. The average molecular weight is 308 g/mol. The topological polar surface area (TPSA) is 70.7 Å². The van der Waals surface area contributed by atoms with E-state index in [1.54, 1.807) is 12.5 Å². The van der Waals surface area contributed by atoms with Crippen molar-refractivity contribution in [1.82, 2.24) is 14.9 Å². The van der Waals surface area contributed by atoms with Gasteiger partial charge in [-0.25, -0.2) is 4.98 Å². The first-order valence-electron chi connectivity index (χ1n) is 7.99. The first-order chi connectivity index (χ1) is 11.2. The Morgan fingerprint density at radius 1 is 1.26 bits per heavy atom. The predicted molar refractivity (Wildman–Crippen MR) is 86.7 cm³/mol. The molecule has 1 saturated carbocycles. The summed E-state index contributed by atoms with van der Waals surface area (Å²) in [6.45, 7) is 0.726. The maximum Gasteiger partial charge on any atom is 0.252 e. The molecular weight excluding hydrogens is 288 g/mol. The van der Waals surface area contributed by atoms with Gasteiger partial charge in [0.05, 0.1) is 12.4 Å². The van der Waals surface area contributed by atoms with Crippen molar-refractivity contribution in [2.45, 2.75) is 44.2 Å². The molecule has 1 N–H and O–H groups in total. The molecule has 1 aromatic carbocycles. The van der Waals surface area contributed by atoms with Crippen LogP contribution in [0.25, 0.3) is 0 Å². The van der Waals surface area contributed by atoms with Crippen LogP contribution in [-0.2, 0) is 6.54 Å². The number of hydrogen-bond acceptors (Lipinski definition) is 3. The zero-order chi connectivity index (χ0) is 16.1. The molecule has 1 aliphatic carbocycles. The summed E-state index contributed by atoms with van der Waals surface area (Å²) >= 11 is 0. The van der Waals surface area contributed by atoms with Crippen LogP contribution in [0.15, 0.2) is 43.0 Å². The number of amides is 1. The van der Waals surface area contributed by atoms with Gasteiger partial charge in [0.25, 0.3) is 5.91 Å². The number of aromatic nitrogens is 2. The molecule has 2 aromatic rings. The average Bonchev–Trinajstić information content (AvgIpc) is 3.09. The molecule has 0 atom stereocenters. The van der Waals surface area contributed by atoms with Crippen molar-refractivity contribution in [3.63, 3.8) is 0 Å². The summed E-state index contributed by atoms with van der Waals surface area (Å²) in [5, 5.41) is 12.4. The highest BCUT2D eigenvalue weighted by Crippen LogP contribution is 2.27. The number of nitrogens with zero attached hydrogens (tertiary/aromatic N) is 3. The number of carbonyl (C=O) groups excluding carboxylic acids is 1. The second kappa shape index (κ2) is 6.66. The molecule has 118 valence electrons. The summed E-state index contributed by atoms with van der Waals surface area (Å²) in [5.41, 5.74) is 1.01. The van der Waals surface area contributed by atoms with Crippen LogP contribution < -0.4 is 5.32 Å². The van der Waals surface area contributed by atoms with Crippen molar-refractivity contribution in [3.8, 4) is 6.07 Å². The monoisotopic (exact) mass is 308 g/mol. The largest absolute Gasteiger partial charge is 0.334 e. The molecule has 5 nitrogen and oxygen atoms in total. The first-order valence-corrected chi connectivity index (χ1v) is 7.99. The molecule has 0 radical (unpaired) electrons. The van der Waals surface area contributed by atoms with Gasteiger partial charge in [0, 0.05) is 24.5 Å². The summed E-state index contributed by atoms with van der Waals surface area (Å²) in [6.07, 6.45) is 10.0. The van der Waals surface area contributed by atoms with Gasteiger partial charge in [0.2, 0.25) is 0 Å². The molecule has 1 aliphatic rings. The molecule has 1 heterocycles. The van der Waals surface area contributed by atoms with Gasteiger partial charge < -0.3 is 9.88 Å². The van der Waals surface area contributed by atoms with Gasteiger partial charge in [-0.15, -0.1) is 0 Å². The highest BCUT2D eigenvalue weighted by molar-refractivity contribution is 5.95. The third kappa shape index (κ3) is 3.59. The Morgan fingerprint density at radius 2 is 2.00 bits per heavy atom. The standard InChI is InChI=1S/C18H20N4O/c19-13-18(8-2-1-3-9-18)21-17(23)16-6-4-15(5-7-16)12-22-11-10-20-14-22/h4-7,10-11,14H,1-3,8-9,12H2,(H,21,23). The van der Waals surface area contributed by atoms with E-state index in [0.29, 0.717) is 5.56 Å². The van der Waals surface area contributed by atoms with Crippen LogP contribution in [-0.4, -0.2) is 21.0 Å². The highest BCUT2D eigenvalue weighted by Gasteiger charge is 2.33. The van der Waals surface area contributed by atoms with E-state index in [2.05, 4.69) is 16.4 Å². The Bertz CT molecular complexity index is 692. The number of carbonyl (C=O) groups is 1. The van der Waals surface area contributed by atoms with E-state index in [0.717, 1.165) is 44.2 Å². The second-order valence-corrected chi connectivity index (χ2v) is 6.14. The van der Waals surface area contributed by atoms with Gasteiger partial charge in [-0.3, -0.25) is 4.79 Å². The van der Waals surface area contributed by atoms with Gasteiger partial charge in [-0.05, 0) is 30.5 Å². The van der Waals surface area contributed by atoms with Gasteiger partial charge in [-0.1, -0.05) is 31.4 Å². The van der Waals surface area contributed by atoms with E-state index in [-0.39, 0.29) is 5.91 Å². The van der Waals surface area contributed by atoms with E-state index < -0.39 is 5.54 Å². The predicted octanol–water partition coefficient (Wildman–Crippen LogP) is 2.89. The normalized spacial score (nSPS) is 16.5. The minimum Gasteiger partial charge on any atom is -0.334 e. The van der Waals surface area contributed by atoms with E-state index >= 15 is 0 Å². The zero-order valence-corrected chi connectivity index (χ0v) is 13.0. The molecule has 5 heteroatoms. The third-order valence-electron chi connectivity index (χ3n) is 4.41. The Hall–Kier alpha value is -2.61. The van der Waals surface area contributed by atoms with Crippen molar-refractivity contribution in [2.75, 3.05) is 0 Å². The second-order valence-electron chi connectivity index (χ2n) is 6.14. The maximum absolute atomic E-state index is 12.4. The first kappa shape index (κ1) is 15.3. The molecule has 3 rings (SSSR count). The van der Waals surface area contributed by atoms with Crippen LogP contribution in [0.5, 0.6) is 0 Å². The van der Waals surface area contributed by atoms with Gasteiger partial charge in [0.1, 0.15) is 5.54 Å². The van der Waals surface area contributed by atoms with Crippen LogP contribution in [0.3, 0.4) is 0 Å². The summed E-state index contributed by atoms with van der Waals surface area (Å²) < 4.78 is 1.97. The van der Waals surface area contributed by atoms with Crippen LogP contribution in [0.1, 0.15) is 48.0 Å². The Labute approximate surface area is 136 Å². The van der Waals surface area contributed by atoms with E-state index in [1.807, 2.05) is 35.0 Å². The smallest absolute Gasteiger partial charge is 0.252 e. The van der Waals surface area contributed by atoms with Gasteiger partial charge in [0.15, 0.2) is 0 Å². The minimum absolute atomic E-state index is 0.164. The van der Waals surface area contributed by atoms with E-state index in [9.17, 15) is 10.1 Å². The SMILES string of the molecule is N#CC1(NC(=O)c2ccc(Cn3ccnc3)cc2)CCCCC1. The molecule has 0 spiro atoms. The lowest BCUT2D eigenvalue weighted by Gasteiger charge is -2.31. The molecule has 0 bridgehead atoms. The van der Waals surface area contributed by atoms with E-state index in [4.69, 9.17) is 0 Å². The summed E-state index contributed by atoms with van der Waals surface area (Å²) in [7, 11) is 0. The molecule has 1 fully saturated rings. The third-order valence-corrected chi connectivity index (χ3v) is 4.41. The van der Waals surface area contributed by atoms with Crippen LogP contribution in [0.2, 0.25) is 0 Å². The summed E-state index contributed by atoms with van der Waals surface area (Å²) in [6, 6.07) is 9.83. The molecule has 0 saturated heterocycles. The number of imidazole rings is 1. The molecule has 1 amide bonds. The quantitative estimate of drug-likeness (QED) is 0.944. The fourth-order valence-corrected chi connectivity index (χ4v) is 3.06. The minimum atomic E-state index is -0.690. The van der Waals surface area contributed by atoms with Crippen molar-refractivity contribution in [3.05, 3.63) is 54.1 Å². The molecule has 0 unspecified atom stereocenters. The van der Waals surface area contributed by atoms with Crippen molar-refractivity contribution >= 4 is 5.91 Å². The van der Waals surface area contributed by atoms with Crippen LogP contribution in [0, 0.1) is 11.3 Å². The molecule has 23 heavy (non-hydrogen) atoms. The number of hydrogen-bond donors (Lipinski definition) is 1. The Kier molecular flexibility index (Phi) is 4.42. The number of benzene rings is 1. The highest BCUT2D eigenvalue weighted by atomic mass is 16.1. The number of nitriles is 1. The maximum atomic E-state index is 12.4. The van der Waals surface area contributed by atoms with Crippen LogP contribution >= 0.6 is 0 Å². The van der Waals surface area contributed by atoms with Crippen LogP contribution in [0.4, 0.5) is 0 Å². The van der Waals surface area contributed by atoms with Crippen molar-refractivity contribution < 1.29 is 4.79 Å². The Morgan fingerprint density at radius 3 is 2.61 bits per heavy atom. The number of nitrogens with one attached hydrogen (secondary N) is 1. The van der Waals surface area contributed by atoms with Gasteiger partial charge >= 0.3 is 0 Å². The summed E-state index contributed by atoms with van der Waals surface area (Å²) in [5.74, 6) is -0.164. The lowest BCUT2D eigenvalue weighted by molar-refractivity contribution is 0.0902. The molecular formula is C18H20N4O. The molecule has 1 aromatic heterocycles. The lowest BCUT2D eigenvalue weighted by Crippen LogP contribution is -2.48. The van der Waals surface area contributed by atoms with Crippen molar-refractivity contribution in [2.24, 2.45) is 0 Å². The fourth-order valence-electron chi connectivity index (χ4n) is 3.06. The summed E-state index contributed by atoms with van der Waals surface area (Å²) in [4.78, 5) is 16.4.